The Labute approximate surface area is 265 Å². The van der Waals surface area contributed by atoms with E-state index in [4.69, 9.17) is 14.2 Å². The van der Waals surface area contributed by atoms with Gasteiger partial charge in [-0.1, -0.05) is 65.2 Å². The fourth-order valence-corrected chi connectivity index (χ4v) is 4.55. The first-order valence-electron chi connectivity index (χ1n) is 16.0. The van der Waals surface area contributed by atoms with Crippen molar-refractivity contribution >= 4 is 23.3 Å². The number of rotatable bonds is 19. The number of ether oxygens (including phenoxy) is 3. The van der Waals surface area contributed by atoms with Crippen LogP contribution in [-0.2, 0) is 4.74 Å². The maximum atomic E-state index is 14.7. The lowest BCUT2D eigenvalue weighted by molar-refractivity contribution is 0.0319. The molecule has 45 heavy (non-hydrogen) atoms. The third-order valence-corrected chi connectivity index (χ3v) is 7.20. The van der Waals surface area contributed by atoms with E-state index in [-0.39, 0.29) is 28.7 Å². The summed E-state index contributed by atoms with van der Waals surface area (Å²) >= 11 is 0. The van der Waals surface area contributed by atoms with Crippen LogP contribution in [0.2, 0.25) is 0 Å². The van der Waals surface area contributed by atoms with Gasteiger partial charge in [-0.05, 0) is 80.8 Å². The molecule has 0 bridgehead atoms. The van der Waals surface area contributed by atoms with Crippen molar-refractivity contribution in [2.45, 2.75) is 97.5 Å². The third-order valence-electron chi connectivity index (χ3n) is 7.20. The van der Waals surface area contributed by atoms with Gasteiger partial charge in [0.1, 0.15) is 0 Å². The number of halogens is 2. The lowest BCUT2D eigenvalue weighted by Gasteiger charge is -2.13. The largest absolute Gasteiger partial charge is 0.491 e. The zero-order valence-corrected chi connectivity index (χ0v) is 26.5. The van der Waals surface area contributed by atoms with Crippen molar-refractivity contribution in [3.05, 3.63) is 83.4 Å². The average molecular weight is 623 g/mol. The molecule has 1 atom stereocenters. The van der Waals surface area contributed by atoms with E-state index in [9.17, 15) is 18.4 Å². The highest BCUT2D eigenvalue weighted by molar-refractivity contribution is 5.92. The van der Waals surface area contributed by atoms with Crippen molar-refractivity contribution in [1.82, 2.24) is 0 Å². The molecule has 0 unspecified atom stereocenters. The standard InChI is InChI=1S/C36H44F2N2O5/c1-4-6-8-10-11-13-23-43-33-22-20-30(25-32(33)38)40-39-29-18-15-27(16-19-29)35(41)45-34-21-17-28(24-31(34)37)36(42)44-26(3)14-12-9-7-5-2/h15-22,24-26H,4-14,23H2,1-3H3/t26-/m0/s1. The van der Waals surface area contributed by atoms with Gasteiger partial charge in [0, 0.05) is 6.07 Å². The first kappa shape index (κ1) is 35.3. The SMILES string of the molecule is CCCCCCCCOc1ccc(N=Nc2ccc(C(=O)Oc3ccc(C(=O)O[C@@H](C)CCCCCC)cc3F)cc2)cc1F. The van der Waals surface area contributed by atoms with Crippen LogP contribution in [0.25, 0.3) is 0 Å². The minimum Gasteiger partial charge on any atom is -0.491 e. The molecule has 242 valence electrons. The number of esters is 2. The van der Waals surface area contributed by atoms with Crippen molar-refractivity contribution < 1.29 is 32.6 Å². The highest BCUT2D eigenvalue weighted by Gasteiger charge is 2.17. The zero-order valence-electron chi connectivity index (χ0n) is 26.5. The molecular formula is C36H44F2N2O5. The Hall–Kier alpha value is -4.14. The summed E-state index contributed by atoms with van der Waals surface area (Å²) in [6, 6.07) is 14.0. The second-order valence-corrected chi connectivity index (χ2v) is 11.1. The number of azo groups is 1. The molecule has 7 nitrogen and oxygen atoms in total. The number of benzene rings is 3. The molecule has 3 rings (SSSR count). The van der Waals surface area contributed by atoms with E-state index in [1.165, 1.54) is 67.8 Å². The average Bonchev–Trinajstić information content (AvgIpc) is 3.03. The van der Waals surface area contributed by atoms with Crippen molar-refractivity contribution in [2.75, 3.05) is 6.61 Å². The maximum Gasteiger partial charge on any atom is 0.343 e. The summed E-state index contributed by atoms with van der Waals surface area (Å²) < 4.78 is 45.3. The van der Waals surface area contributed by atoms with Gasteiger partial charge in [0.25, 0.3) is 0 Å². The smallest absolute Gasteiger partial charge is 0.343 e. The fraction of sp³-hybridized carbons (Fsp3) is 0.444. The van der Waals surface area contributed by atoms with E-state index in [1.54, 1.807) is 6.07 Å². The van der Waals surface area contributed by atoms with Crippen LogP contribution in [0.3, 0.4) is 0 Å². The molecule has 0 aliphatic rings. The Bertz CT molecular complexity index is 1390. The van der Waals surface area contributed by atoms with Crippen LogP contribution < -0.4 is 9.47 Å². The van der Waals surface area contributed by atoms with Gasteiger partial charge >= 0.3 is 11.9 Å². The second-order valence-electron chi connectivity index (χ2n) is 11.1. The van der Waals surface area contributed by atoms with E-state index in [1.807, 2.05) is 6.92 Å². The first-order chi connectivity index (χ1) is 21.8. The van der Waals surface area contributed by atoms with Crippen molar-refractivity contribution in [3.8, 4) is 11.5 Å². The third kappa shape index (κ3) is 12.4. The Morgan fingerprint density at radius 2 is 1.24 bits per heavy atom. The number of hydrogen-bond acceptors (Lipinski definition) is 7. The van der Waals surface area contributed by atoms with Crippen molar-refractivity contribution in [3.63, 3.8) is 0 Å². The quantitative estimate of drug-likeness (QED) is 0.0574. The number of hydrogen-bond donors (Lipinski definition) is 0. The maximum absolute atomic E-state index is 14.7. The van der Waals surface area contributed by atoms with E-state index >= 15 is 0 Å². The van der Waals surface area contributed by atoms with Gasteiger partial charge in [-0.25, -0.2) is 18.4 Å². The molecule has 3 aromatic carbocycles. The Balaban J connectivity index is 1.48. The van der Waals surface area contributed by atoms with E-state index in [0.717, 1.165) is 57.4 Å². The van der Waals surface area contributed by atoms with E-state index in [2.05, 4.69) is 24.1 Å². The molecule has 0 heterocycles. The number of unbranched alkanes of at least 4 members (excludes halogenated alkanes) is 8. The van der Waals surface area contributed by atoms with E-state index < -0.39 is 23.6 Å². The van der Waals surface area contributed by atoms with Crippen LogP contribution in [0.4, 0.5) is 20.2 Å². The monoisotopic (exact) mass is 622 g/mol. The van der Waals surface area contributed by atoms with Gasteiger partial charge in [-0.15, -0.1) is 0 Å². The molecule has 0 saturated carbocycles. The highest BCUT2D eigenvalue weighted by Crippen LogP contribution is 2.26. The molecule has 0 radical (unpaired) electrons. The van der Waals surface area contributed by atoms with Crippen LogP contribution in [0.15, 0.2) is 70.9 Å². The molecule has 0 aromatic heterocycles. The van der Waals surface area contributed by atoms with Gasteiger partial charge < -0.3 is 14.2 Å². The molecule has 0 spiro atoms. The van der Waals surface area contributed by atoms with Gasteiger partial charge in [-0.2, -0.15) is 10.2 Å². The summed E-state index contributed by atoms with van der Waals surface area (Å²) in [5.74, 6) is -2.92. The summed E-state index contributed by atoms with van der Waals surface area (Å²) in [6.07, 6.45) is 11.5. The second kappa shape index (κ2) is 19.3. The number of nitrogens with zero attached hydrogens (tertiary/aromatic N) is 2. The van der Waals surface area contributed by atoms with Gasteiger partial charge in [-0.3, -0.25) is 0 Å². The summed E-state index contributed by atoms with van der Waals surface area (Å²) in [7, 11) is 0. The molecular weight excluding hydrogens is 578 g/mol. The Morgan fingerprint density at radius 1 is 0.667 bits per heavy atom. The Morgan fingerprint density at radius 3 is 1.93 bits per heavy atom. The zero-order chi connectivity index (χ0) is 32.4. The summed E-state index contributed by atoms with van der Waals surface area (Å²) in [5.41, 5.74) is 0.931. The molecule has 0 saturated heterocycles. The molecule has 3 aromatic rings. The van der Waals surface area contributed by atoms with E-state index in [0.29, 0.717) is 18.0 Å². The molecule has 0 aliphatic carbocycles. The van der Waals surface area contributed by atoms with Gasteiger partial charge in [0.2, 0.25) is 0 Å². The predicted molar refractivity (Wildman–Crippen MR) is 171 cm³/mol. The molecule has 0 N–H and O–H groups in total. The molecule has 9 heteroatoms. The summed E-state index contributed by atoms with van der Waals surface area (Å²) in [6.45, 7) is 6.58. The normalized spacial score (nSPS) is 11.8. The fourth-order valence-electron chi connectivity index (χ4n) is 4.55. The van der Waals surface area contributed by atoms with Crippen molar-refractivity contribution in [1.29, 1.82) is 0 Å². The van der Waals surface area contributed by atoms with Gasteiger partial charge in [0.05, 0.1) is 35.2 Å². The van der Waals surface area contributed by atoms with Crippen molar-refractivity contribution in [2.24, 2.45) is 10.2 Å². The van der Waals surface area contributed by atoms with Crippen LogP contribution in [-0.4, -0.2) is 24.6 Å². The lowest BCUT2D eigenvalue weighted by Crippen LogP contribution is -2.15. The minimum atomic E-state index is -0.857. The predicted octanol–water partition coefficient (Wildman–Crippen LogP) is 10.9. The lowest BCUT2D eigenvalue weighted by atomic mass is 10.1. The number of carbonyl (C=O) groups excluding carboxylic acids is 2. The van der Waals surface area contributed by atoms with Gasteiger partial charge in [0.15, 0.2) is 23.1 Å². The first-order valence-corrected chi connectivity index (χ1v) is 16.0. The summed E-state index contributed by atoms with van der Waals surface area (Å²) in [5, 5.41) is 8.15. The van der Waals surface area contributed by atoms with Crippen LogP contribution in [0, 0.1) is 11.6 Å². The van der Waals surface area contributed by atoms with Crippen LogP contribution in [0.5, 0.6) is 11.5 Å². The minimum absolute atomic E-state index is 0.0395. The molecule has 0 fully saturated rings. The Kier molecular flexibility index (Phi) is 15.1. The van der Waals surface area contributed by atoms with Crippen LogP contribution in [0.1, 0.15) is 112 Å². The topological polar surface area (TPSA) is 86.5 Å². The number of carbonyl (C=O) groups is 2. The molecule has 0 aliphatic heterocycles. The highest BCUT2D eigenvalue weighted by atomic mass is 19.1. The molecule has 0 amide bonds. The summed E-state index contributed by atoms with van der Waals surface area (Å²) in [4.78, 5) is 25.0. The van der Waals surface area contributed by atoms with Crippen LogP contribution >= 0.6 is 0 Å².